The van der Waals surface area contributed by atoms with Crippen LogP contribution in [0.2, 0.25) is 0 Å². The molecule has 0 unspecified atom stereocenters. The number of hydrogen-bond donors (Lipinski definition) is 5. The summed E-state index contributed by atoms with van der Waals surface area (Å²) in [7, 11) is 0. The van der Waals surface area contributed by atoms with Crippen LogP contribution in [-0.2, 0) is 57.0 Å². The maximum Gasteiger partial charge on any atom is 0.407 e. The molecule has 6 N–H and O–H groups in total. The predicted octanol–water partition coefficient (Wildman–Crippen LogP) is 2.69. The predicted molar refractivity (Wildman–Crippen MR) is 231 cm³/mol. The molecule has 0 heterocycles. The van der Waals surface area contributed by atoms with Gasteiger partial charge in [-0.2, -0.15) is 0 Å². The van der Waals surface area contributed by atoms with Crippen molar-refractivity contribution in [3.8, 4) is 0 Å². The standard InChI is InChI=1S/C43H77N5O14/c44-37(35-59-21-15-40(49)45-17-23-53-27-31-57-33-29-55-25-19-47-42(51)61-38-11-7-3-1-4-8-12-38)36-60-22-16-41(50)46-18-24-54-28-32-58-34-30-56-26-20-48-43(52)62-39-13-9-5-2-6-10-14-39/h1-3,5,37-39H,4,6-36,44H2,(H,45,49)(H,46,50)(H,47,51)(H,48,52)/b3-1-,5-2-/t38-,39-/m1/s1. The second kappa shape index (κ2) is 40.4. The van der Waals surface area contributed by atoms with E-state index < -0.39 is 12.2 Å². The van der Waals surface area contributed by atoms with Crippen LogP contribution in [0.5, 0.6) is 0 Å². The molecule has 0 radical (unpaired) electrons. The summed E-state index contributed by atoms with van der Waals surface area (Å²) in [6.07, 6.45) is 17.6. The number of ether oxygens (including phenoxy) is 10. The molecule has 0 fully saturated rings. The van der Waals surface area contributed by atoms with Crippen LogP contribution >= 0.6 is 0 Å². The van der Waals surface area contributed by atoms with E-state index in [4.69, 9.17) is 53.1 Å². The quantitative estimate of drug-likeness (QED) is 0.0450. The Hall–Kier alpha value is -3.40. The summed E-state index contributed by atoms with van der Waals surface area (Å²) in [5.41, 5.74) is 6.01. The minimum absolute atomic E-state index is 0.0324. The maximum atomic E-state index is 12.0. The van der Waals surface area contributed by atoms with Crippen molar-refractivity contribution < 1.29 is 66.5 Å². The van der Waals surface area contributed by atoms with Gasteiger partial charge in [0.1, 0.15) is 12.2 Å². The number of nitrogens with two attached hydrogens (primary N) is 1. The number of hydrogen-bond acceptors (Lipinski definition) is 15. The number of carbonyl (C=O) groups is 4. The fourth-order valence-corrected chi connectivity index (χ4v) is 5.96. The molecule has 0 spiro atoms. The minimum atomic E-state index is -0.402. The van der Waals surface area contributed by atoms with Crippen LogP contribution in [-0.4, -0.2) is 174 Å². The van der Waals surface area contributed by atoms with Gasteiger partial charge in [0, 0.05) is 39.0 Å². The highest BCUT2D eigenvalue weighted by molar-refractivity contribution is 5.76. The van der Waals surface area contributed by atoms with Crippen molar-refractivity contribution >= 4 is 24.0 Å². The number of allylic oxidation sites excluding steroid dienone is 4. The third-order valence-corrected chi connectivity index (χ3v) is 9.25. The number of rotatable bonds is 36. The zero-order valence-corrected chi connectivity index (χ0v) is 37.0. The molecule has 0 bridgehead atoms. The first-order valence-electron chi connectivity index (χ1n) is 22.5. The van der Waals surface area contributed by atoms with Gasteiger partial charge in [-0.1, -0.05) is 24.3 Å². The maximum absolute atomic E-state index is 12.0. The van der Waals surface area contributed by atoms with Crippen molar-refractivity contribution in [3.63, 3.8) is 0 Å². The van der Waals surface area contributed by atoms with Gasteiger partial charge in [0.15, 0.2) is 0 Å². The minimum Gasteiger partial charge on any atom is -0.446 e. The van der Waals surface area contributed by atoms with Crippen LogP contribution < -0.4 is 27.0 Å². The summed E-state index contributed by atoms with van der Waals surface area (Å²) < 4.78 is 54.8. The van der Waals surface area contributed by atoms with Gasteiger partial charge in [-0.15, -0.1) is 0 Å². The van der Waals surface area contributed by atoms with Gasteiger partial charge in [-0.25, -0.2) is 9.59 Å². The summed E-state index contributed by atoms with van der Waals surface area (Å²) in [6, 6.07) is -0.386. The Balaban J connectivity index is 1.23. The molecule has 19 nitrogen and oxygen atoms in total. The van der Waals surface area contributed by atoms with Gasteiger partial charge in [-0.3, -0.25) is 9.59 Å². The van der Waals surface area contributed by atoms with Crippen molar-refractivity contribution in [2.24, 2.45) is 5.73 Å². The molecule has 2 atom stereocenters. The molecule has 0 saturated heterocycles. The molecule has 0 aromatic carbocycles. The van der Waals surface area contributed by atoms with Gasteiger partial charge in [0.25, 0.3) is 0 Å². The van der Waals surface area contributed by atoms with Crippen LogP contribution in [0.25, 0.3) is 0 Å². The highest BCUT2D eigenvalue weighted by Gasteiger charge is 2.15. The van der Waals surface area contributed by atoms with Crippen LogP contribution in [0.1, 0.15) is 77.0 Å². The normalized spacial score (nSPS) is 17.8. The number of amides is 4. The van der Waals surface area contributed by atoms with Crippen LogP contribution in [0, 0.1) is 0 Å². The third-order valence-electron chi connectivity index (χ3n) is 9.25. The first kappa shape index (κ1) is 54.7. The molecular formula is C43H77N5O14. The lowest BCUT2D eigenvalue weighted by atomic mass is 10.0. The smallest absolute Gasteiger partial charge is 0.407 e. The molecule has 2 aliphatic rings. The monoisotopic (exact) mass is 888 g/mol. The first-order valence-corrected chi connectivity index (χ1v) is 22.5. The van der Waals surface area contributed by atoms with Gasteiger partial charge >= 0.3 is 12.2 Å². The largest absolute Gasteiger partial charge is 0.446 e. The fraction of sp³-hybridized carbons (Fsp3) is 0.814. The van der Waals surface area contributed by atoms with E-state index in [1.54, 1.807) is 0 Å². The topological polar surface area (TPSA) is 235 Å². The molecule has 19 heteroatoms. The van der Waals surface area contributed by atoms with E-state index in [9.17, 15) is 19.2 Å². The van der Waals surface area contributed by atoms with E-state index in [-0.39, 0.29) is 69.3 Å². The molecule has 62 heavy (non-hydrogen) atoms. The lowest BCUT2D eigenvalue weighted by Crippen LogP contribution is -2.33. The zero-order chi connectivity index (χ0) is 44.4. The molecule has 0 aromatic rings. The van der Waals surface area contributed by atoms with Gasteiger partial charge in [0.05, 0.1) is 112 Å². The summed E-state index contributed by atoms with van der Waals surface area (Å²) in [4.78, 5) is 47.9. The summed E-state index contributed by atoms with van der Waals surface area (Å²) >= 11 is 0. The Labute approximate surface area is 368 Å². The Morgan fingerprint density at radius 1 is 0.435 bits per heavy atom. The molecule has 2 aliphatic carbocycles. The van der Waals surface area contributed by atoms with Crippen LogP contribution in [0.4, 0.5) is 9.59 Å². The molecule has 0 saturated carbocycles. The lowest BCUT2D eigenvalue weighted by molar-refractivity contribution is -0.123. The highest BCUT2D eigenvalue weighted by atomic mass is 16.6. The lowest BCUT2D eigenvalue weighted by Gasteiger charge is -2.18. The van der Waals surface area contributed by atoms with E-state index in [0.717, 1.165) is 64.2 Å². The molecule has 0 aliphatic heterocycles. The van der Waals surface area contributed by atoms with Crippen molar-refractivity contribution in [2.75, 3.05) is 132 Å². The van der Waals surface area contributed by atoms with E-state index in [2.05, 4.69) is 45.6 Å². The number of alkyl carbamates (subject to hydrolysis) is 2. The zero-order valence-electron chi connectivity index (χ0n) is 37.0. The molecule has 358 valence electrons. The number of carbonyl (C=O) groups excluding carboxylic acids is 4. The van der Waals surface area contributed by atoms with Gasteiger partial charge in [0.2, 0.25) is 11.8 Å². The number of nitrogens with one attached hydrogen (secondary N) is 4. The van der Waals surface area contributed by atoms with Crippen LogP contribution in [0.15, 0.2) is 24.3 Å². The van der Waals surface area contributed by atoms with E-state index in [0.29, 0.717) is 105 Å². The average Bonchev–Trinajstić information content (AvgIpc) is 3.23. The Morgan fingerprint density at radius 3 is 1.16 bits per heavy atom. The van der Waals surface area contributed by atoms with Gasteiger partial charge in [-0.05, 0) is 64.2 Å². The Bertz CT molecular complexity index is 1110. The van der Waals surface area contributed by atoms with Crippen molar-refractivity contribution in [1.29, 1.82) is 0 Å². The summed E-state index contributed by atoms with van der Waals surface area (Å²) in [6.45, 7) is 7.02. The van der Waals surface area contributed by atoms with Crippen molar-refractivity contribution in [3.05, 3.63) is 24.3 Å². The summed E-state index contributed by atoms with van der Waals surface area (Å²) in [5, 5.41) is 11.0. The second-order valence-corrected chi connectivity index (χ2v) is 14.7. The SMILES string of the molecule is NC(COCCC(=O)NCCOCCOCCOCCNC(=O)O[C@@H]1CC/C=C\CCC1)COCCC(=O)NCCOCCOCCOCCNC(=O)O[C@@H]1CC/C=C\CCC1. The van der Waals surface area contributed by atoms with Gasteiger partial charge < -0.3 is 74.4 Å². The Morgan fingerprint density at radius 2 is 0.774 bits per heavy atom. The second-order valence-electron chi connectivity index (χ2n) is 14.7. The Kier molecular flexibility index (Phi) is 35.6. The summed E-state index contributed by atoms with van der Waals surface area (Å²) in [5.74, 6) is -0.309. The highest BCUT2D eigenvalue weighted by Crippen LogP contribution is 2.16. The first-order chi connectivity index (χ1) is 30.4. The molecule has 2 rings (SSSR count). The molecule has 0 aromatic heterocycles. The van der Waals surface area contributed by atoms with Crippen molar-refractivity contribution in [2.45, 2.75) is 95.3 Å². The van der Waals surface area contributed by atoms with E-state index >= 15 is 0 Å². The third kappa shape index (κ3) is 35.1. The van der Waals surface area contributed by atoms with E-state index in [1.807, 2.05) is 0 Å². The average molecular weight is 888 g/mol. The molecule has 4 amide bonds. The van der Waals surface area contributed by atoms with E-state index in [1.165, 1.54) is 0 Å². The van der Waals surface area contributed by atoms with Crippen molar-refractivity contribution in [1.82, 2.24) is 21.3 Å². The molecular weight excluding hydrogens is 810 g/mol. The van der Waals surface area contributed by atoms with Crippen LogP contribution in [0.3, 0.4) is 0 Å². The fourth-order valence-electron chi connectivity index (χ4n) is 5.96.